The second-order valence-corrected chi connectivity index (χ2v) is 12.8. The number of nitrogens with zero attached hydrogens (tertiary/aromatic N) is 2. The van der Waals surface area contributed by atoms with Gasteiger partial charge in [0.15, 0.2) is 0 Å². The molecule has 5 rings (SSSR count). The Hall–Kier alpha value is -6.30. The number of benzene rings is 4. The highest BCUT2D eigenvalue weighted by Crippen LogP contribution is 2.50. The summed E-state index contributed by atoms with van der Waals surface area (Å²) in [5.74, 6) is -6.88. The van der Waals surface area contributed by atoms with Gasteiger partial charge in [0.05, 0.1) is 23.7 Å². The average molecular weight is 735 g/mol. The van der Waals surface area contributed by atoms with Crippen molar-refractivity contribution in [2.24, 2.45) is 23.7 Å². The topological polar surface area (TPSA) is 146 Å². The molecule has 1 aliphatic carbocycles. The van der Waals surface area contributed by atoms with E-state index in [-0.39, 0.29) is 39.1 Å². The minimum atomic E-state index is -1.55. The first-order valence-electron chi connectivity index (χ1n) is 17.8. The van der Waals surface area contributed by atoms with E-state index in [2.05, 4.69) is 9.47 Å². The van der Waals surface area contributed by atoms with E-state index in [1.807, 2.05) is 74.5 Å². The lowest BCUT2D eigenvalue weighted by atomic mass is 9.55. The van der Waals surface area contributed by atoms with E-state index < -0.39 is 47.4 Å². The molecule has 0 heterocycles. The summed E-state index contributed by atoms with van der Waals surface area (Å²) in [7, 11) is 0. The molecular formula is C42H42N2O10. The predicted octanol–water partition coefficient (Wildman–Crippen LogP) is 6.33. The van der Waals surface area contributed by atoms with Crippen molar-refractivity contribution >= 4 is 36.7 Å². The number of esters is 2. The molecule has 4 atom stereocenters. The third-order valence-electron chi connectivity index (χ3n) is 9.15. The molecule has 0 saturated heterocycles. The molecule has 12 nitrogen and oxygen atoms in total. The summed E-state index contributed by atoms with van der Waals surface area (Å²) in [6, 6.07) is 32.8. The Morgan fingerprint density at radius 3 is 1.15 bits per heavy atom. The molecule has 12 heteroatoms. The number of rotatable bonds is 18. The zero-order chi connectivity index (χ0) is 38.5. The van der Waals surface area contributed by atoms with Crippen molar-refractivity contribution in [1.82, 2.24) is 9.80 Å². The van der Waals surface area contributed by atoms with Gasteiger partial charge in [-0.05, 0) is 72.5 Å². The summed E-state index contributed by atoms with van der Waals surface area (Å²) in [6.07, 6.45) is 1.08. The van der Waals surface area contributed by atoms with Crippen molar-refractivity contribution < 1.29 is 47.7 Å². The summed E-state index contributed by atoms with van der Waals surface area (Å²) in [5, 5.41) is 0. The fourth-order valence-electron chi connectivity index (χ4n) is 6.71. The third-order valence-corrected chi connectivity index (χ3v) is 9.15. The number of hydrogen-bond acceptors (Lipinski definition) is 10. The van der Waals surface area contributed by atoms with Crippen molar-refractivity contribution in [2.45, 2.75) is 39.8 Å². The van der Waals surface area contributed by atoms with Gasteiger partial charge in [-0.15, -0.1) is 0 Å². The number of amides is 2. The fraction of sp³-hybridized carbons (Fsp3) is 0.286. The minimum absolute atomic E-state index is 0.0986. The van der Waals surface area contributed by atoms with Crippen molar-refractivity contribution in [3.63, 3.8) is 0 Å². The van der Waals surface area contributed by atoms with E-state index in [1.54, 1.807) is 48.5 Å². The largest absolute Gasteiger partial charge is 0.457 e. The minimum Gasteiger partial charge on any atom is -0.457 e. The Bertz CT molecular complexity index is 1750. The van der Waals surface area contributed by atoms with Crippen LogP contribution < -0.4 is 9.47 Å². The third kappa shape index (κ3) is 9.57. The molecule has 280 valence electrons. The van der Waals surface area contributed by atoms with Gasteiger partial charge in [0.25, 0.3) is 0 Å². The van der Waals surface area contributed by atoms with Crippen LogP contribution in [0.4, 0.5) is 0 Å². The van der Waals surface area contributed by atoms with Gasteiger partial charge in [-0.3, -0.25) is 28.8 Å². The van der Waals surface area contributed by atoms with Crippen LogP contribution >= 0.6 is 0 Å². The van der Waals surface area contributed by atoms with Crippen LogP contribution in [-0.2, 0) is 51.3 Å². The normalized spacial score (nSPS) is 17.2. The monoisotopic (exact) mass is 734 g/mol. The fourth-order valence-corrected chi connectivity index (χ4v) is 6.71. The highest BCUT2D eigenvalue weighted by molar-refractivity contribution is 6.01. The smallest absolute Gasteiger partial charge is 0.318 e. The van der Waals surface area contributed by atoms with Gasteiger partial charge in [0.1, 0.15) is 23.0 Å². The molecule has 4 aromatic carbocycles. The lowest BCUT2D eigenvalue weighted by Gasteiger charge is -2.49. The summed E-state index contributed by atoms with van der Waals surface area (Å²) in [5.41, 5.74) is 1.49. The van der Waals surface area contributed by atoms with Gasteiger partial charge in [-0.2, -0.15) is 0 Å². The molecule has 4 unspecified atom stereocenters. The van der Waals surface area contributed by atoms with Crippen molar-refractivity contribution in [3.8, 4) is 23.0 Å². The first-order chi connectivity index (χ1) is 26.3. The summed E-state index contributed by atoms with van der Waals surface area (Å²) < 4.78 is 21.1. The summed E-state index contributed by atoms with van der Waals surface area (Å²) in [6.45, 7) is 4.30. The number of carbonyl (C=O) groups excluding carboxylic acids is 6. The molecular weight excluding hydrogens is 692 g/mol. The Labute approximate surface area is 313 Å². The molecule has 0 N–H and O–H groups in total. The summed E-state index contributed by atoms with van der Waals surface area (Å²) >= 11 is 0. The molecule has 1 saturated carbocycles. The van der Waals surface area contributed by atoms with E-state index in [0.29, 0.717) is 35.8 Å². The highest BCUT2D eigenvalue weighted by Gasteiger charge is 2.65. The van der Waals surface area contributed by atoms with Crippen molar-refractivity contribution in [1.29, 1.82) is 0 Å². The number of para-hydroxylation sites is 2. The van der Waals surface area contributed by atoms with Gasteiger partial charge in [0.2, 0.25) is 11.8 Å². The van der Waals surface area contributed by atoms with Crippen LogP contribution in [0.5, 0.6) is 23.0 Å². The van der Waals surface area contributed by atoms with Gasteiger partial charge in [-0.1, -0.05) is 74.5 Å². The molecule has 2 amide bonds. The predicted molar refractivity (Wildman–Crippen MR) is 196 cm³/mol. The maximum Gasteiger partial charge on any atom is 0.318 e. The average Bonchev–Trinajstić information content (AvgIpc) is 3.16. The Balaban J connectivity index is 1.41. The molecule has 54 heavy (non-hydrogen) atoms. The van der Waals surface area contributed by atoms with Gasteiger partial charge < -0.3 is 28.7 Å². The van der Waals surface area contributed by atoms with Crippen LogP contribution in [0.1, 0.15) is 37.8 Å². The molecule has 0 spiro atoms. The second-order valence-electron chi connectivity index (χ2n) is 12.8. The molecule has 0 bridgehead atoms. The van der Waals surface area contributed by atoms with Crippen LogP contribution in [0.2, 0.25) is 0 Å². The SMILES string of the molecule is CCCN(Cc1ccc(Oc2ccccc2)cc1)C(=O)C1C(C(=O)OC=O)C(C(=O)OC=O)C1C(=O)N(CCC)Cc1ccc(Oc2ccccc2)cc1. The van der Waals surface area contributed by atoms with Crippen LogP contribution in [0.25, 0.3) is 0 Å². The first kappa shape index (κ1) is 38.9. The summed E-state index contributed by atoms with van der Waals surface area (Å²) in [4.78, 5) is 81.1. The lowest BCUT2D eigenvalue weighted by Crippen LogP contribution is -2.64. The molecule has 0 aromatic heterocycles. The zero-order valence-electron chi connectivity index (χ0n) is 30.1. The number of ether oxygens (including phenoxy) is 4. The van der Waals surface area contributed by atoms with Crippen LogP contribution in [0, 0.1) is 23.7 Å². The van der Waals surface area contributed by atoms with E-state index in [1.165, 1.54) is 9.80 Å². The van der Waals surface area contributed by atoms with E-state index in [4.69, 9.17) is 9.47 Å². The standard InChI is InChI=1S/C42H42N2O10/c1-3-23-43(25-29-15-19-33(20-16-29)53-31-11-7-5-8-12-31)39(47)35-36(38(42(50)52-28-46)37(35)41(49)51-27-45)40(48)44(24-4-2)26-30-17-21-34(22-18-30)54-32-13-9-6-10-14-32/h5-22,27-28,35-38H,3-4,23-26H2,1-2H3. The highest BCUT2D eigenvalue weighted by atomic mass is 16.6. The molecule has 1 aliphatic rings. The molecule has 0 aliphatic heterocycles. The quantitative estimate of drug-likeness (QED) is 0.0646. The van der Waals surface area contributed by atoms with Gasteiger partial charge in [-0.25, -0.2) is 0 Å². The molecule has 1 fully saturated rings. The van der Waals surface area contributed by atoms with Crippen LogP contribution in [0.3, 0.4) is 0 Å². The lowest BCUT2D eigenvalue weighted by molar-refractivity contribution is -0.192. The van der Waals surface area contributed by atoms with E-state index in [9.17, 15) is 28.8 Å². The van der Waals surface area contributed by atoms with Crippen LogP contribution in [0.15, 0.2) is 109 Å². The Morgan fingerprint density at radius 1 is 0.500 bits per heavy atom. The maximum atomic E-state index is 14.5. The van der Waals surface area contributed by atoms with Gasteiger partial charge in [0, 0.05) is 26.2 Å². The molecule has 0 radical (unpaired) electrons. The van der Waals surface area contributed by atoms with Crippen molar-refractivity contribution in [3.05, 3.63) is 120 Å². The van der Waals surface area contributed by atoms with E-state index >= 15 is 0 Å². The number of hydrogen-bond donors (Lipinski definition) is 0. The Morgan fingerprint density at radius 2 is 0.833 bits per heavy atom. The zero-order valence-corrected chi connectivity index (χ0v) is 30.1. The van der Waals surface area contributed by atoms with E-state index in [0.717, 1.165) is 11.1 Å². The molecule has 4 aromatic rings. The number of carbonyl (C=O) groups is 6. The first-order valence-corrected chi connectivity index (χ1v) is 17.8. The van der Waals surface area contributed by atoms with Crippen molar-refractivity contribution in [2.75, 3.05) is 13.1 Å². The van der Waals surface area contributed by atoms with Crippen LogP contribution in [-0.4, -0.2) is 59.6 Å². The van der Waals surface area contributed by atoms with Gasteiger partial charge >= 0.3 is 24.9 Å². The Kier molecular flexibility index (Phi) is 13.7. The second kappa shape index (κ2) is 19.0. The maximum absolute atomic E-state index is 14.5.